The molecule has 0 spiro atoms. The van der Waals surface area contributed by atoms with Gasteiger partial charge in [0.05, 0.1) is 12.4 Å². The van der Waals surface area contributed by atoms with Gasteiger partial charge in [0.15, 0.2) is 11.5 Å². The second-order valence-corrected chi connectivity index (χ2v) is 7.62. The van der Waals surface area contributed by atoms with Crippen LogP contribution in [-0.2, 0) is 11.3 Å². The zero-order chi connectivity index (χ0) is 21.9. The predicted molar refractivity (Wildman–Crippen MR) is 122 cm³/mol. The number of aromatic amines is 1. The van der Waals surface area contributed by atoms with Gasteiger partial charge in [-0.1, -0.05) is 48.5 Å². The lowest BCUT2D eigenvalue weighted by atomic mass is 10.0. The Balaban J connectivity index is 1.53. The molecule has 32 heavy (non-hydrogen) atoms. The lowest BCUT2D eigenvalue weighted by molar-refractivity contribution is -0.137. The third-order valence-electron chi connectivity index (χ3n) is 5.61. The molecule has 0 fully saturated rings. The number of rotatable bonds is 8. The first-order chi connectivity index (χ1) is 15.7. The quantitative estimate of drug-likeness (QED) is 0.340. The van der Waals surface area contributed by atoms with Crippen molar-refractivity contribution in [2.45, 2.75) is 25.4 Å². The monoisotopic (exact) mass is 426 g/mol. The molecule has 5 rings (SSSR count). The summed E-state index contributed by atoms with van der Waals surface area (Å²) in [6.07, 6.45) is 5.63. The number of para-hydroxylation sites is 1. The molecule has 0 radical (unpaired) electrons. The molecule has 5 aromatic rings. The van der Waals surface area contributed by atoms with E-state index in [1.165, 1.54) is 6.33 Å². The fraction of sp³-hybridized carbons (Fsp3) is 0.167. The van der Waals surface area contributed by atoms with Crippen LogP contribution < -0.4 is 5.32 Å². The minimum atomic E-state index is -0.834. The van der Waals surface area contributed by atoms with Gasteiger partial charge in [-0.3, -0.25) is 4.79 Å². The lowest BCUT2D eigenvalue weighted by Crippen LogP contribution is -2.12. The number of nitrogens with one attached hydrogen (secondary N) is 2. The largest absolute Gasteiger partial charge is 0.481 e. The van der Waals surface area contributed by atoms with E-state index in [2.05, 4.69) is 25.3 Å². The molecule has 0 saturated heterocycles. The van der Waals surface area contributed by atoms with E-state index in [-0.39, 0.29) is 12.5 Å². The lowest BCUT2D eigenvalue weighted by Gasteiger charge is -2.18. The van der Waals surface area contributed by atoms with Gasteiger partial charge in [0.1, 0.15) is 11.8 Å². The summed E-state index contributed by atoms with van der Waals surface area (Å²) < 4.78 is 1.95. The zero-order valence-electron chi connectivity index (χ0n) is 17.3. The van der Waals surface area contributed by atoms with Crippen molar-refractivity contribution in [1.29, 1.82) is 0 Å². The minimum absolute atomic E-state index is 0.0358. The Labute approximate surface area is 184 Å². The number of benzene rings is 2. The number of hydrogen-bond acceptors (Lipinski definition) is 5. The maximum absolute atomic E-state index is 11.4. The van der Waals surface area contributed by atoms with Crippen molar-refractivity contribution in [3.05, 3.63) is 84.6 Å². The van der Waals surface area contributed by atoms with Crippen molar-refractivity contribution in [2.24, 2.45) is 0 Å². The van der Waals surface area contributed by atoms with Gasteiger partial charge >= 0.3 is 5.97 Å². The third-order valence-corrected chi connectivity index (χ3v) is 5.61. The van der Waals surface area contributed by atoms with E-state index < -0.39 is 5.97 Å². The molecular weight excluding hydrogens is 404 g/mol. The Morgan fingerprint density at radius 3 is 2.72 bits per heavy atom. The number of nitrogens with zero attached hydrogens (tertiary/aromatic N) is 4. The van der Waals surface area contributed by atoms with E-state index in [4.69, 9.17) is 0 Å². The van der Waals surface area contributed by atoms with Crippen LogP contribution in [0.4, 0.5) is 5.82 Å². The van der Waals surface area contributed by atoms with Crippen LogP contribution in [0.2, 0.25) is 0 Å². The fourth-order valence-electron chi connectivity index (χ4n) is 4.07. The van der Waals surface area contributed by atoms with Crippen molar-refractivity contribution in [3.8, 4) is 0 Å². The van der Waals surface area contributed by atoms with Crippen LogP contribution in [0.1, 0.15) is 30.0 Å². The first kappa shape index (κ1) is 19.7. The molecule has 8 nitrogen and oxygen atoms in total. The predicted octanol–water partition coefficient (Wildman–Crippen LogP) is 4.37. The molecule has 0 aliphatic rings. The third kappa shape index (κ3) is 3.78. The molecule has 8 heteroatoms. The number of imidazole rings is 1. The van der Waals surface area contributed by atoms with Gasteiger partial charge in [-0.25, -0.2) is 15.0 Å². The van der Waals surface area contributed by atoms with Gasteiger partial charge in [-0.15, -0.1) is 0 Å². The van der Waals surface area contributed by atoms with E-state index in [1.54, 1.807) is 6.33 Å². The van der Waals surface area contributed by atoms with Crippen LogP contribution in [0.15, 0.2) is 73.4 Å². The normalized spacial score (nSPS) is 12.2. The van der Waals surface area contributed by atoms with Crippen LogP contribution in [0.5, 0.6) is 0 Å². The second-order valence-electron chi connectivity index (χ2n) is 7.62. The topological polar surface area (TPSA) is 109 Å². The van der Waals surface area contributed by atoms with E-state index in [9.17, 15) is 9.90 Å². The number of aliphatic carboxylic acids is 1. The highest BCUT2D eigenvalue weighted by molar-refractivity contribution is 5.85. The van der Waals surface area contributed by atoms with E-state index in [0.29, 0.717) is 29.9 Å². The summed E-state index contributed by atoms with van der Waals surface area (Å²) in [5.74, 6) is -0.187. The fourth-order valence-corrected chi connectivity index (χ4v) is 4.07. The van der Waals surface area contributed by atoms with E-state index in [0.717, 1.165) is 22.0 Å². The maximum Gasteiger partial charge on any atom is 0.303 e. The molecule has 0 aliphatic heterocycles. The van der Waals surface area contributed by atoms with Crippen molar-refractivity contribution < 1.29 is 9.90 Å². The molecule has 2 aromatic carbocycles. The van der Waals surface area contributed by atoms with E-state index >= 15 is 0 Å². The minimum Gasteiger partial charge on any atom is -0.481 e. The summed E-state index contributed by atoms with van der Waals surface area (Å²) in [4.78, 5) is 28.1. The molecule has 3 heterocycles. The Kier molecular flexibility index (Phi) is 5.25. The number of hydrogen-bond donors (Lipinski definition) is 3. The second kappa shape index (κ2) is 8.50. The van der Waals surface area contributed by atoms with E-state index in [1.807, 2.05) is 65.4 Å². The van der Waals surface area contributed by atoms with Gasteiger partial charge < -0.3 is 20.0 Å². The van der Waals surface area contributed by atoms with Crippen LogP contribution in [0.25, 0.3) is 22.1 Å². The smallest absolute Gasteiger partial charge is 0.303 e. The molecule has 160 valence electrons. The highest BCUT2D eigenvalue weighted by Gasteiger charge is 2.22. The SMILES string of the molecule is O=C(O)CCC(c1c[nH]c2ccccc12)n1cnc2c(NCc3ccccc3)ncnc21. The number of anilines is 1. The number of carbonyl (C=O) groups is 1. The van der Waals surface area contributed by atoms with Crippen LogP contribution in [0, 0.1) is 0 Å². The summed E-state index contributed by atoms with van der Waals surface area (Å²) in [7, 11) is 0. The summed E-state index contributed by atoms with van der Waals surface area (Å²) >= 11 is 0. The Bertz CT molecular complexity index is 1380. The highest BCUT2D eigenvalue weighted by Crippen LogP contribution is 2.33. The van der Waals surface area contributed by atoms with Crippen molar-refractivity contribution in [3.63, 3.8) is 0 Å². The maximum atomic E-state index is 11.4. The molecule has 3 aromatic heterocycles. The molecule has 1 atom stereocenters. The number of aromatic nitrogens is 5. The summed E-state index contributed by atoms with van der Waals surface area (Å²) in [5, 5.41) is 13.7. The molecule has 0 amide bonds. The number of H-pyrrole nitrogens is 1. The molecule has 0 aliphatic carbocycles. The standard InChI is InChI=1S/C24H22N6O2/c31-21(32)11-10-20(18-13-25-19-9-5-4-8-17(18)19)30-15-29-22-23(27-14-28-24(22)30)26-12-16-6-2-1-3-7-16/h1-9,13-15,20,25H,10-12H2,(H,31,32)(H,26,27,28). The number of carboxylic acids is 1. The summed E-state index contributed by atoms with van der Waals surface area (Å²) in [6, 6.07) is 17.8. The average molecular weight is 426 g/mol. The van der Waals surface area contributed by atoms with Gasteiger partial charge in [-0.2, -0.15) is 0 Å². The van der Waals surface area contributed by atoms with Crippen LogP contribution in [0.3, 0.4) is 0 Å². The van der Waals surface area contributed by atoms with Crippen molar-refractivity contribution in [1.82, 2.24) is 24.5 Å². The Morgan fingerprint density at radius 1 is 1.06 bits per heavy atom. The van der Waals surface area contributed by atoms with Gasteiger partial charge in [0, 0.05) is 35.6 Å². The van der Waals surface area contributed by atoms with Gasteiger partial charge in [-0.05, 0) is 18.1 Å². The van der Waals surface area contributed by atoms with Crippen LogP contribution >= 0.6 is 0 Å². The van der Waals surface area contributed by atoms with Crippen molar-refractivity contribution in [2.75, 3.05) is 5.32 Å². The van der Waals surface area contributed by atoms with Gasteiger partial charge in [0.25, 0.3) is 0 Å². The van der Waals surface area contributed by atoms with Crippen molar-refractivity contribution >= 4 is 33.9 Å². The number of fused-ring (bicyclic) bond motifs is 2. The molecule has 1 unspecified atom stereocenters. The van der Waals surface area contributed by atoms with Crippen LogP contribution in [-0.4, -0.2) is 35.6 Å². The zero-order valence-corrected chi connectivity index (χ0v) is 17.3. The summed E-state index contributed by atoms with van der Waals surface area (Å²) in [6.45, 7) is 0.616. The Morgan fingerprint density at radius 2 is 1.88 bits per heavy atom. The highest BCUT2D eigenvalue weighted by atomic mass is 16.4. The Hall–Kier alpha value is -4.20. The molecule has 0 saturated carbocycles. The molecular formula is C24H22N6O2. The summed E-state index contributed by atoms with van der Waals surface area (Å²) in [5.41, 5.74) is 4.47. The first-order valence-electron chi connectivity index (χ1n) is 10.4. The first-order valence-corrected chi connectivity index (χ1v) is 10.4. The molecule has 0 bridgehead atoms. The average Bonchev–Trinajstić information content (AvgIpc) is 3.44. The molecule has 3 N–H and O–H groups in total. The van der Waals surface area contributed by atoms with Gasteiger partial charge in [0.2, 0.25) is 0 Å². The number of carboxylic acid groups (broad SMARTS) is 1.